The first-order valence-corrected chi connectivity index (χ1v) is 18.5. The molecule has 6 aromatic carbocycles. The zero-order chi connectivity index (χ0) is 28.7. The Hall–Kier alpha value is -2.90. The van der Waals surface area contributed by atoms with Crippen LogP contribution in [0, 0.1) is 0 Å². The number of aliphatic hydroxyl groups excluding tert-OH is 1. The van der Waals surface area contributed by atoms with E-state index in [9.17, 15) is 5.11 Å². The number of rotatable bonds is 10. The molecule has 0 radical (unpaired) electrons. The zero-order valence-corrected chi connectivity index (χ0v) is 29.4. The molecule has 0 fully saturated rings. The fourth-order valence-corrected chi connectivity index (χ4v) is 15.2. The summed E-state index contributed by atoms with van der Waals surface area (Å²) in [6.07, 6.45) is 0.784. The molecule has 1 N–H and O–H groups in total. The van der Waals surface area contributed by atoms with E-state index >= 15 is 0 Å². The number of halogens is 2. The zero-order valence-electron chi connectivity index (χ0n) is 24.4. The Balaban J connectivity index is 0.00000221. The average Bonchev–Trinajstić information content (AvgIpc) is 3.08. The lowest BCUT2D eigenvalue weighted by Crippen LogP contribution is -3.00. The molecule has 0 aromatic heterocycles. The fourth-order valence-electron chi connectivity index (χ4n) is 6.31. The third-order valence-corrected chi connectivity index (χ3v) is 17.2. The molecule has 0 amide bonds. The van der Waals surface area contributed by atoms with Gasteiger partial charge in [0, 0.05) is 0 Å². The predicted octanol–water partition coefficient (Wildman–Crippen LogP) is 0.344. The van der Waals surface area contributed by atoms with Crippen LogP contribution in [-0.4, -0.2) is 23.5 Å². The second-order valence-electron chi connectivity index (χ2n) is 10.7. The van der Waals surface area contributed by atoms with Gasteiger partial charge in [-0.1, -0.05) is 109 Å². The van der Waals surface area contributed by atoms with Crippen LogP contribution in [0.4, 0.5) is 0 Å². The Morgan fingerprint density at radius 1 is 0.318 bits per heavy atom. The van der Waals surface area contributed by atoms with Crippen molar-refractivity contribution < 1.29 is 39.1 Å². The predicted molar refractivity (Wildman–Crippen MR) is 186 cm³/mol. The maximum atomic E-state index is 12.5. The molecular weight excluding hydrogens is 706 g/mol. The van der Waals surface area contributed by atoms with Gasteiger partial charge in [-0.2, -0.15) is 0 Å². The van der Waals surface area contributed by atoms with E-state index in [1.54, 1.807) is 0 Å². The molecule has 0 heterocycles. The maximum absolute atomic E-state index is 12.5. The van der Waals surface area contributed by atoms with Gasteiger partial charge >= 0.3 is 0 Å². The van der Waals surface area contributed by atoms with Crippen molar-refractivity contribution in [3.63, 3.8) is 0 Å². The summed E-state index contributed by atoms with van der Waals surface area (Å²) in [6.45, 7) is 0. The minimum atomic E-state index is -2.20. The number of benzene rings is 6. The van der Waals surface area contributed by atoms with Crippen molar-refractivity contribution in [2.24, 2.45) is 0 Å². The van der Waals surface area contributed by atoms with Gasteiger partial charge in [-0.3, -0.25) is 0 Å². The molecule has 6 rings (SSSR count). The van der Waals surface area contributed by atoms with Crippen LogP contribution in [-0.2, 0) is 0 Å². The van der Waals surface area contributed by atoms with Gasteiger partial charge in [-0.25, -0.2) is 0 Å². The van der Waals surface area contributed by atoms with Crippen molar-refractivity contribution in [1.29, 1.82) is 0 Å². The van der Waals surface area contributed by atoms with E-state index in [1.165, 1.54) is 31.8 Å². The molecule has 5 heteroatoms. The van der Waals surface area contributed by atoms with Crippen LogP contribution in [0.5, 0.6) is 0 Å². The Morgan fingerprint density at radius 3 is 0.636 bits per heavy atom. The highest BCUT2D eigenvalue weighted by atomic mass is 79.9. The first kappa shape index (κ1) is 34.0. The second kappa shape index (κ2) is 15.9. The van der Waals surface area contributed by atoms with Crippen molar-refractivity contribution in [2.45, 2.75) is 6.10 Å². The largest absolute Gasteiger partial charge is 1.00 e. The smallest absolute Gasteiger partial charge is 0.123 e. The summed E-state index contributed by atoms with van der Waals surface area (Å²) in [5, 5.41) is 20.3. The monoisotopic (exact) mass is 740 g/mol. The van der Waals surface area contributed by atoms with Gasteiger partial charge in [-0.15, -0.1) is 0 Å². The van der Waals surface area contributed by atoms with E-state index in [2.05, 4.69) is 182 Å². The summed E-state index contributed by atoms with van der Waals surface area (Å²) in [7, 11) is -4.40. The number of hydrogen-bond acceptors (Lipinski definition) is 1. The van der Waals surface area contributed by atoms with Crippen molar-refractivity contribution in [1.82, 2.24) is 0 Å². The van der Waals surface area contributed by atoms with E-state index in [0.29, 0.717) is 12.3 Å². The highest BCUT2D eigenvalue weighted by molar-refractivity contribution is 7.96. The Labute approximate surface area is 284 Å². The number of aliphatic hydroxyl groups is 1. The highest BCUT2D eigenvalue weighted by Crippen LogP contribution is 2.60. The van der Waals surface area contributed by atoms with Gasteiger partial charge < -0.3 is 39.1 Å². The fraction of sp³-hybridized carbons (Fsp3) is 0.0769. The first-order valence-electron chi connectivity index (χ1n) is 14.5. The van der Waals surface area contributed by atoms with Crippen LogP contribution in [0.1, 0.15) is 0 Å². The van der Waals surface area contributed by atoms with E-state index in [-0.39, 0.29) is 34.0 Å². The molecule has 0 saturated carbocycles. The molecule has 0 unspecified atom stereocenters. The van der Waals surface area contributed by atoms with Crippen molar-refractivity contribution >= 4 is 46.4 Å². The SMILES string of the molecule is OC(C[P+](c1ccccc1)(c1ccccc1)c1ccccc1)C[P+](c1ccccc1)(c1ccccc1)c1ccccc1.[Br-].[Br-]. The minimum Gasteiger partial charge on any atom is -1.00 e. The van der Waals surface area contributed by atoms with E-state index in [0.717, 1.165) is 0 Å². The third-order valence-electron chi connectivity index (χ3n) is 8.15. The van der Waals surface area contributed by atoms with E-state index < -0.39 is 20.6 Å². The summed E-state index contributed by atoms with van der Waals surface area (Å²) in [5.74, 6) is 0. The van der Waals surface area contributed by atoms with Gasteiger partial charge in [0.1, 0.15) is 64.8 Å². The van der Waals surface area contributed by atoms with Gasteiger partial charge in [0.2, 0.25) is 0 Å². The van der Waals surface area contributed by atoms with Gasteiger partial charge in [0.25, 0.3) is 0 Å². The highest BCUT2D eigenvalue weighted by Gasteiger charge is 2.52. The minimum absolute atomic E-state index is 0. The molecule has 0 aliphatic heterocycles. The molecule has 0 atom stereocenters. The maximum Gasteiger partial charge on any atom is 0.123 e. The van der Waals surface area contributed by atoms with Crippen LogP contribution in [0.25, 0.3) is 0 Å². The first-order chi connectivity index (χ1) is 20.7. The Kier molecular flexibility index (Phi) is 12.3. The van der Waals surface area contributed by atoms with Gasteiger partial charge in [-0.05, 0) is 72.8 Å². The quantitative estimate of drug-likeness (QED) is 0.201. The Morgan fingerprint density at radius 2 is 0.477 bits per heavy atom. The van der Waals surface area contributed by atoms with Gasteiger partial charge in [0.05, 0.1) is 0 Å². The number of hydrogen-bond donors (Lipinski definition) is 1. The summed E-state index contributed by atoms with van der Waals surface area (Å²) >= 11 is 0. The van der Waals surface area contributed by atoms with E-state index in [1.807, 2.05) is 0 Å². The lowest BCUT2D eigenvalue weighted by molar-refractivity contribution is -0.00100. The summed E-state index contributed by atoms with van der Waals surface area (Å²) in [5.41, 5.74) is 0. The molecule has 6 aromatic rings. The Bertz CT molecular complexity index is 1350. The lowest BCUT2D eigenvalue weighted by atomic mass is 10.3. The topological polar surface area (TPSA) is 20.2 Å². The van der Waals surface area contributed by atoms with Crippen molar-refractivity contribution in [3.8, 4) is 0 Å². The molecule has 1 nitrogen and oxygen atoms in total. The van der Waals surface area contributed by atoms with Crippen LogP contribution >= 0.6 is 14.5 Å². The van der Waals surface area contributed by atoms with E-state index in [4.69, 9.17) is 0 Å². The lowest BCUT2D eigenvalue weighted by Gasteiger charge is -2.33. The molecule has 0 aliphatic carbocycles. The third kappa shape index (κ3) is 6.84. The molecule has 0 bridgehead atoms. The summed E-state index contributed by atoms with van der Waals surface area (Å²) in [6, 6.07) is 65.2. The summed E-state index contributed by atoms with van der Waals surface area (Å²) in [4.78, 5) is 0. The molecule has 44 heavy (non-hydrogen) atoms. The van der Waals surface area contributed by atoms with Crippen molar-refractivity contribution in [2.75, 3.05) is 12.3 Å². The standard InChI is InChI=1S/C39H36OP2.2BrH/c40-33(31-41(34-19-7-1-8-20-34,35-21-9-2-10-22-35)36-23-11-3-12-24-36)32-42(37-25-13-4-14-26-37,38-27-15-5-16-28-38)39-29-17-6-18-30-39;;/h1-30,33,40H,31-32H2;2*1H/q+2;;/p-2. The van der Waals surface area contributed by atoms with Crippen molar-refractivity contribution in [3.05, 3.63) is 182 Å². The van der Waals surface area contributed by atoms with Gasteiger partial charge in [0.15, 0.2) is 0 Å². The summed E-state index contributed by atoms with van der Waals surface area (Å²) < 4.78 is 0. The normalized spacial score (nSPS) is 11.3. The van der Waals surface area contributed by atoms with Crippen LogP contribution < -0.4 is 65.8 Å². The van der Waals surface area contributed by atoms with Crippen LogP contribution in [0.2, 0.25) is 0 Å². The molecular formula is C39H36Br2OP2. The molecule has 0 saturated heterocycles. The average molecular weight is 742 g/mol. The molecule has 0 aliphatic rings. The van der Waals surface area contributed by atoms with Crippen LogP contribution in [0.3, 0.4) is 0 Å². The van der Waals surface area contributed by atoms with Crippen LogP contribution in [0.15, 0.2) is 182 Å². The second-order valence-corrected chi connectivity index (χ2v) is 17.7. The molecule has 0 spiro atoms. The molecule has 222 valence electrons.